The van der Waals surface area contributed by atoms with Crippen molar-refractivity contribution in [1.29, 1.82) is 10.5 Å². The van der Waals surface area contributed by atoms with E-state index >= 15 is 0 Å². The number of nitriles is 2. The summed E-state index contributed by atoms with van der Waals surface area (Å²) in [5, 5.41) is 23.6. The molecular formula is C14H15N5. The van der Waals surface area contributed by atoms with E-state index in [9.17, 15) is 0 Å². The molecule has 1 aliphatic rings. The van der Waals surface area contributed by atoms with Gasteiger partial charge in [0.15, 0.2) is 0 Å². The van der Waals surface area contributed by atoms with Crippen LogP contribution in [0.4, 0.5) is 11.4 Å². The molecule has 19 heavy (non-hydrogen) atoms. The molecule has 0 spiro atoms. The second-order valence-corrected chi connectivity index (χ2v) is 4.21. The van der Waals surface area contributed by atoms with Crippen molar-refractivity contribution in [2.24, 2.45) is 0 Å². The van der Waals surface area contributed by atoms with Gasteiger partial charge in [0.05, 0.1) is 0 Å². The summed E-state index contributed by atoms with van der Waals surface area (Å²) in [7, 11) is 0. The number of nitrogens with one attached hydrogen (secondary N) is 2. The third-order valence-electron chi connectivity index (χ3n) is 2.95. The van der Waals surface area contributed by atoms with Crippen molar-refractivity contribution < 1.29 is 0 Å². The van der Waals surface area contributed by atoms with Crippen LogP contribution in [0.15, 0.2) is 36.0 Å². The summed E-state index contributed by atoms with van der Waals surface area (Å²) in [6.07, 6.45) is 1.43. The second kappa shape index (κ2) is 6.44. The van der Waals surface area contributed by atoms with Gasteiger partial charge in [0.25, 0.3) is 0 Å². The molecule has 1 heterocycles. The van der Waals surface area contributed by atoms with Gasteiger partial charge in [0.2, 0.25) is 0 Å². The third-order valence-corrected chi connectivity index (χ3v) is 2.95. The summed E-state index contributed by atoms with van der Waals surface area (Å²) < 4.78 is 0. The normalized spacial score (nSPS) is 14.1. The first-order valence-electron chi connectivity index (χ1n) is 6.16. The van der Waals surface area contributed by atoms with Crippen LogP contribution in [-0.2, 0) is 0 Å². The first-order valence-corrected chi connectivity index (χ1v) is 6.16. The van der Waals surface area contributed by atoms with Crippen molar-refractivity contribution in [3.8, 4) is 12.1 Å². The summed E-state index contributed by atoms with van der Waals surface area (Å²) >= 11 is 0. The van der Waals surface area contributed by atoms with Crippen LogP contribution >= 0.6 is 0 Å². The van der Waals surface area contributed by atoms with Crippen molar-refractivity contribution in [2.75, 3.05) is 36.4 Å². The van der Waals surface area contributed by atoms with E-state index in [-0.39, 0.29) is 5.57 Å². The summed E-state index contributed by atoms with van der Waals surface area (Å²) in [6, 6.07) is 11.6. The van der Waals surface area contributed by atoms with Crippen LogP contribution < -0.4 is 15.5 Å². The number of piperazine rings is 1. The molecule has 2 rings (SSSR count). The maximum absolute atomic E-state index is 8.67. The predicted molar refractivity (Wildman–Crippen MR) is 74.5 cm³/mol. The van der Waals surface area contributed by atoms with Gasteiger partial charge in [-0.1, -0.05) is 6.07 Å². The van der Waals surface area contributed by atoms with E-state index in [1.165, 1.54) is 6.20 Å². The first-order chi connectivity index (χ1) is 9.33. The lowest BCUT2D eigenvalue weighted by Crippen LogP contribution is -2.43. The summed E-state index contributed by atoms with van der Waals surface area (Å²) in [5.41, 5.74) is 2.09. The van der Waals surface area contributed by atoms with Crippen molar-refractivity contribution in [2.45, 2.75) is 0 Å². The van der Waals surface area contributed by atoms with Gasteiger partial charge in [-0.15, -0.1) is 0 Å². The molecular weight excluding hydrogens is 238 g/mol. The van der Waals surface area contributed by atoms with E-state index in [4.69, 9.17) is 10.5 Å². The van der Waals surface area contributed by atoms with Gasteiger partial charge in [0.1, 0.15) is 17.7 Å². The van der Waals surface area contributed by atoms with Crippen molar-refractivity contribution in [3.63, 3.8) is 0 Å². The highest BCUT2D eigenvalue weighted by atomic mass is 15.2. The second-order valence-electron chi connectivity index (χ2n) is 4.21. The smallest absolute Gasteiger partial charge is 0.145 e. The Labute approximate surface area is 112 Å². The van der Waals surface area contributed by atoms with Gasteiger partial charge in [-0.25, -0.2) is 0 Å². The zero-order valence-electron chi connectivity index (χ0n) is 10.6. The van der Waals surface area contributed by atoms with Crippen LogP contribution in [0.5, 0.6) is 0 Å². The maximum Gasteiger partial charge on any atom is 0.145 e. The number of allylic oxidation sites excluding steroid dienone is 1. The average molecular weight is 253 g/mol. The highest BCUT2D eigenvalue weighted by molar-refractivity contribution is 5.60. The number of benzene rings is 1. The summed E-state index contributed by atoms with van der Waals surface area (Å²) in [5.74, 6) is 0. The highest BCUT2D eigenvalue weighted by Crippen LogP contribution is 2.20. The monoisotopic (exact) mass is 253 g/mol. The molecule has 0 bridgehead atoms. The molecule has 1 aliphatic heterocycles. The quantitative estimate of drug-likeness (QED) is 0.797. The van der Waals surface area contributed by atoms with E-state index in [1.54, 1.807) is 0 Å². The fourth-order valence-electron chi connectivity index (χ4n) is 1.96. The van der Waals surface area contributed by atoms with Crippen LogP contribution in [-0.4, -0.2) is 26.2 Å². The van der Waals surface area contributed by atoms with Gasteiger partial charge in [-0.2, -0.15) is 10.5 Å². The Morgan fingerprint density at radius 1 is 1.26 bits per heavy atom. The molecule has 0 radical (unpaired) electrons. The molecule has 5 heteroatoms. The number of hydrogen-bond donors (Lipinski definition) is 2. The van der Waals surface area contributed by atoms with Crippen molar-refractivity contribution in [3.05, 3.63) is 36.0 Å². The molecule has 2 N–H and O–H groups in total. The molecule has 1 aromatic carbocycles. The molecule has 1 fully saturated rings. The average Bonchev–Trinajstić information content (AvgIpc) is 2.49. The lowest BCUT2D eigenvalue weighted by molar-refractivity contribution is 0.589. The van der Waals surface area contributed by atoms with Crippen LogP contribution in [0.1, 0.15) is 0 Å². The first kappa shape index (κ1) is 12.9. The van der Waals surface area contributed by atoms with E-state index in [2.05, 4.69) is 21.6 Å². The van der Waals surface area contributed by atoms with E-state index in [0.29, 0.717) is 0 Å². The molecule has 1 saturated heterocycles. The Hall–Kier alpha value is -2.50. The van der Waals surface area contributed by atoms with Crippen molar-refractivity contribution in [1.82, 2.24) is 5.32 Å². The minimum Gasteiger partial charge on any atom is -0.369 e. The number of anilines is 2. The van der Waals surface area contributed by atoms with Gasteiger partial charge in [0, 0.05) is 43.8 Å². The number of rotatable bonds is 3. The van der Waals surface area contributed by atoms with Gasteiger partial charge < -0.3 is 15.5 Å². The van der Waals surface area contributed by atoms with Crippen molar-refractivity contribution >= 4 is 11.4 Å². The SMILES string of the molecule is N#CC(C#N)=CNc1cccc(N2CCNCC2)c1. The number of nitrogens with zero attached hydrogens (tertiary/aromatic N) is 3. The fourth-order valence-corrected chi connectivity index (χ4v) is 1.96. The van der Waals surface area contributed by atoms with Crippen LogP contribution in [0, 0.1) is 22.7 Å². The fraction of sp³-hybridized carbons (Fsp3) is 0.286. The highest BCUT2D eigenvalue weighted by Gasteiger charge is 2.10. The van der Waals surface area contributed by atoms with Gasteiger partial charge >= 0.3 is 0 Å². The molecule has 0 amide bonds. The zero-order chi connectivity index (χ0) is 13.5. The molecule has 96 valence electrons. The van der Waals surface area contributed by atoms with E-state index < -0.39 is 0 Å². The Morgan fingerprint density at radius 2 is 2.00 bits per heavy atom. The van der Waals surface area contributed by atoms with E-state index in [1.807, 2.05) is 30.3 Å². The Balaban J connectivity index is 2.09. The topological polar surface area (TPSA) is 74.9 Å². The summed E-state index contributed by atoms with van der Waals surface area (Å²) in [4.78, 5) is 2.31. The van der Waals surface area contributed by atoms with Crippen LogP contribution in [0.25, 0.3) is 0 Å². The molecule has 0 saturated carbocycles. The van der Waals surface area contributed by atoms with Crippen LogP contribution in [0.3, 0.4) is 0 Å². The standard InChI is InChI=1S/C14H15N5/c15-9-12(10-16)11-18-13-2-1-3-14(8-13)19-6-4-17-5-7-19/h1-3,8,11,17-18H,4-7H2. The molecule has 0 aromatic heterocycles. The maximum atomic E-state index is 8.67. The number of hydrogen-bond acceptors (Lipinski definition) is 5. The summed E-state index contributed by atoms with van der Waals surface area (Å²) in [6.45, 7) is 3.96. The lowest BCUT2D eigenvalue weighted by Gasteiger charge is -2.29. The Morgan fingerprint density at radius 3 is 2.68 bits per heavy atom. The Bertz CT molecular complexity index is 528. The minimum absolute atomic E-state index is 0.0626. The van der Waals surface area contributed by atoms with Gasteiger partial charge in [-0.05, 0) is 18.2 Å². The lowest BCUT2D eigenvalue weighted by atomic mass is 10.2. The van der Waals surface area contributed by atoms with Gasteiger partial charge in [-0.3, -0.25) is 0 Å². The minimum atomic E-state index is 0.0626. The molecule has 0 aliphatic carbocycles. The molecule has 5 nitrogen and oxygen atoms in total. The third kappa shape index (κ3) is 3.48. The zero-order valence-corrected chi connectivity index (χ0v) is 10.6. The predicted octanol–water partition coefficient (Wildman–Crippen LogP) is 1.44. The molecule has 1 aromatic rings. The largest absolute Gasteiger partial charge is 0.369 e. The molecule has 0 unspecified atom stereocenters. The van der Waals surface area contributed by atoms with E-state index in [0.717, 1.165) is 37.6 Å². The Kier molecular flexibility index (Phi) is 4.39. The molecule has 0 atom stereocenters. The van der Waals surface area contributed by atoms with Crippen LogP contribution in [0.2, 0.25) is 0 Å².